The lowest BCUT2D eigenvalue weighted by Crippen LogP contribution is -2.21. The maximum Gasteiger partial charge on any atom is 0.263 e. The van der Waals surface area contributed by atoms with Gasteiger partial charge in [-0.2, -0.15) is 0 Å². The van der Waals surface area contributed by atoms with Crippen molar-refractivity contribution in [3.05, 3.63) is 60.9 Å². The number of imidazole rings is 1. The van der Waals surface area contributed by atoms with Gasteiger partial charge in [-0.25, -0.2) is 15.0 Å². The maximum atomic E-state index is 11.9. The highest BCUT2D eigenvalue weighted by atomic mass is 16.5. The van der Waals surface area contributed by atoms with Gasteiger partial charge in [0.2, 0.25) is 0 Å². The molecule has 0 spiro atoms. The first-order chi connectivity index (χ1) is 11.2. The first-order valence-electron chi connectivity index (χ1n) is 7.02. The zero-order valence-electron chi connectivity index (χ0n) is 12.5. The number of nitrogens with zero attached hydrogens (tertiary/aromatic N) is 4. The van der Waals surface area contributed by atoms with Crippen molar-refractivity contribution in [2.24, 2.45) is 0 Å². The standard InChI is InChI=1S/C16H15N5O2/c1-12-17-7-8-21(12)15-9-14(18-11-19-15)20-16(22)10-23-13-5-3-2-4-6-13/h2-9,11H,10H2,1H3,(H,18,19,20,22). The molecule has 0 fully saturated rings. The van der Waals surface area contributed by atoms with Crippen molar-refractivity contribution < 1.29 is 9.53 Å². The third-order valence-corrected chi connectivity index (χ3v) is 3.11. The number of benzene rings is 1. The maximum absolute atomic E-state index is 11.9. The fourth-order valence-electron chi connectivity index (χ4n) is 2.01. The van der Waals surface area contributed by atoms with Crippen LogP contribution < -0.4 is 10.1 Å². The van der Waals surface area contributed by atoms with E-state index < -0.39 is 0 Å². The fourth-order valence-corrected chi connectivity index (χ4v) is 2.01. The van der Waals surface area contributed by atoms with Crippen LogP contribution >= 0.6 is 0 Å². The first-order valence-corrected chi connectivity index (χ1v) is 7.02. The van der Waals surface area contributed by atoms with Gasteiger partial charge >= 0.3 is 0 Å². The third-order valence-electron chi connectivity index (χ3n) is 3.11. The molecule has 1 N–H and O–H groups in total. The third kappa shape index (κ3) is 3.70. The van der Waals surface area contributed by atoms with Gasteiger partial charge in [0, 0.05) is 18.5 Å². The molecule has 0 atom stereocenters. The quantitative estimate of drug-likeness (QED) is 0.779. The molecule has 0 aliphatic heterocycles. The summed E-state index contributed by atoms with van der Waals surface area (Å²) >= 11 is 0. The van der Waals surface area contributed by atoms with Crippen molar-refractivity contribution in [2.45, 2.75) is 6.92 Å². The smallest absolute Gasteiger partial charge is 0.263 e. The predicted octanol–water partition coefficient (Wildman–Crippen LogP) is 1.99. The van der Waals surface area contributed by atoms with E-state index in [-0.39, 0.29) is 12.5 Å². The highest BCUT2D eigenvalue weighted by molar-refractivity contribution is 5.91. The van der Waals surface area contributed by atoms with Crippen molar-refractivity contribution >= 4 is 11.7 Å². The van der Waals surface area contributed by atoms with Gasteiger partial charge in [0.1, 0.15) is 29.5 Å². The van der Waals surface area contributed by atoms with Crippen LogP contribution in [0.5, 0.6) is 5.75 Å². The molecule has 7 heteroatoms. The molecule has 0 aliphatic rings. The van der Waals surface area contributed by atoms with Crippen LogP contribution in [0.25, 0.3) is 5.82 Å². The van der Waals surface area contributed by atoms with E-state index in [0.717, 1.165) is 5.82 Å². The van der Waals surface area contributed by atoms with Crippen molar-refractivity contribution in [1.29, 1.82) is 0 Å². The van der Waals surface area contributed by atoms with Crippen LogP contribution in [0.3, 0.4) is 0 Å². The lowest BCUT2D eigenvalue weighted by molar-refractivity contribution is -0.118. The minimum Gasteiger partial charge on any atom is -0.484 e. The van der Waals surface area contributed by atoms with Gasteiger partial charge in [-0.15, -0.1) is 0 Å². The summed E-state index contributed by atoms with van der Waals surface area (Å²) in [4.78, 5) is 24.3. The van der Waals surface area contributed by atoms with Gasteiger partial charge in [0.25, 0.3) is 5.91 Å². The molecular formula is C16H15N5O2. The molecule has 116 valence electrons. The fraction of sp³-hybridized carbons (Fsp3) is 0.125. The second-order valence-corrected chi connectivity index (χ2v) is 4.76. The normalized spacial score (nSPS) is 10.3. The van der Waals surface area contributed by atoms with Crippen LogP contribution in [-0.2, 0) is 4.79 Å². The average molecular weight is 309 g/mol. The molecule has 2 aromatic heterocycles. The summed E-state index contributed by atoms with van der Waals surface area (Å²) in [6, 6.07) is 10.8. The van der Waals surface area contributed by atoms with Gasteiger partial charge in [-0.05, 0) is 19.1 Å². The van der Waals surface area contributed by atoms with Gasteiger partial charge in [-0.1, -0.05) is 18.2 Å². The van der Waals surface area contributed by atoms with E-state index in [9.17, 15) is 4.79 Å². The Kier molecular flexibility index (Phi) is 4.28. The molecule has 1 amide bonds. The second-order valence-electron chi connectivity index (χ2n) is 4.76. The lowest BCUT2D eigenvalue weighted by atomic mass is 10.3. The molecule has 7 nitrogen and oxygen atoms in total. The second kappa shape index (κ2) is 6.69. The lowest BCUT2D eigenvalue weighted by Gasteiger charge is -2.08. The van der Waals surface area contributed by atoms with Crippen LogP contribution in [0.4, 0.5) is 5.82 Å². The molecule has 0 radical (unpaired) electrons. The van der Waals surface area contributed by atoms with Gasteiger partial charge < -0.3 is 10.1 Å². The number of carbonyl (C=O) groups is 1. The van der Waals surface area contributed by atoms with Crippen molar-refractivity contribution in [3.63, 3.8) is 0 Å². The summed E-state index contributed by atoms with van der Waals surface area (Å²) in [5.41, 5.74) is 0. The van der Waals surface area contributed by atoms with Crippen molar-refractivity contribution in [1.82, 2.24) is 19.5 Å². The van der Waals surface area contributed by atoms with E-state index >= 15 is 0 Å². The van der Waals surface area contributed by atoms with E-state index in [4.69, 9.17) is 4.74 Å². The van der Waals surface area contributed by atoms with E-state index in [1.54, 1.807) is 35.2 Å². The molecule has 0 unspecified atom stereocenters. The first kappa shape index (κ1) is 14.7. The Morgan fingerprint density at radius 2 is 2.04 bits per heavy atom. The van der Waals surface area contributed by atoms with Gasteiger partial charge in [-0.3, -0.25) is 9.36 Å². The van der Waals surface area contributed by atoms with E-state index in [0.29, 0.717) is 17.4 Å². The number of carbonyl (C=O) groups excluding carboxylic acids is 1. The highest BCUT2D eigenvalue weighted by Gasteiger charge is 2.07. The number of amides is 1. The minimum absolute atomic E-state index is 0.0898. The van der Waals surface area contributed by atoms with Gasteiger partial charge in [0.15, 0.2) is 6.61 Å². The summed E-state index contributed by atoms with van der Waals surface area (Å²) < 4.78 is 7.19. The summed E-state index contributed by atoms with van der Waals surface area (Å²) in [5.74, 6) is 2.19. The Balaban J connectivity index is 1.64. The number of hydrogen-bond donors (Lipinski definition) is 1. The Morgan fingerprint density at radius 1 is 1.22 bits per heavy atom. The molecule has 3 rings (SSSR count). The Labute approximate surface area is 133 Å². The molecule has 0 saturated heterocycles. The summed E-state index contributed by atoms with van der Waals surface area (Å²) in [5, 5.41) is 2.69. The summed E-state index contributed by atoms with van der Waals surface area (Å²) in [6.45, 7) is 1.78. The minimum atomic E-state index is -0.291. The highest BCUT2D eigenvalue weighted by Crippen LogP contribution is 2.11. The number of rotatable bonds is 5. The molecule has 0 saturated carbocycles. The SMILES string of the molecule is Cc1nccn1-c1cc(NC(=O)COc2ccccc2)ncn1. The number of nitrogens with one attached hydrogen (secondary N) is 1. The molecule has 0 aliphatic carbocycles. The zero-order valence-corrected chi connectivity index (χ0v) is 12.5. The van der Waals surface area contributed by atoms with E-state index in [1.165, 1.54) is 6.33 Å². The average Bonchev–Trinajstić information content (AvgIpc) is 3.00. The number of ether oxygens (including phenoxy) is 1. The van der Waals surface area contributed by atoms with E-state index in [1.807, 2.05) is 25.1 Å². The number of aromatic nitrogens is 4. The number of para-hydroxylation sites is 1. The zero-order chi connectivity index (χ0) is 16.1. The predicted molar refractivity (Wildman–Crippen MR) is 84.5 cm³/mol. The molecule has 0 bridgehead atoms. The Bertz CT molecular complexity index is 801. The largest absolute Gasteiger partial charge is 0.484 e. The molecule has 3 aromatic rings. The molecule has 23 heavy (non-hydrogen) atoms. The van der Waals surface area contributed by atoms with Crippen LogP contribution in [0.2, 0.25) is 0 Å². The van der Waals surface area contributed by atoms with Crippen LogP contribution in [0, 0.1) is 6.92 Å². The van der Waals surface area contributed by atoms with Crippen LogP contribution in [0.15, 0.2) is 55.1 Å². The van der Waals surface area contributed by atoms with Crippen molar-refractivity contribution in [2.75, 3.05) is 11.9 Å². The van der Waals surface area contributed by atoms with Gasteiger partial charge in [0.05, 0.1) is 0 Å². The van der Waals surface area contributed by atoms with Crippen LogP contribution in [-0.4, -0.2) is 32.0 Å². The van der Waals surface area contributed by atoms with Crippen LogP contribution in [0.1, 0.15) is 5.82 Å². The molecular weight excluding hydrogens is 294 g/mol. The molecule has 1 aromatic carbocycles. The number of anilines is 1. The topological polar surface area (TPSA) is 81.9 Å². The number of hydrogen-bond acceptors (Lipinski definition) is 5. The molecule has 2 heterocycles. The van der Waals surface area contributed by atoms with Crippen molar-refractivity contribution in [3.8, 4) is 11.6 Å². The Hall–Kier alpha value is -3.22. The number of aryl methyl sites for hydroxylation is 1. The summed E-state index contributed by atoms with van der Waals surface area (Å²) in [7, 11) is 0. The van der Waals surface area contributed by atoms with E-state index in [2.05, 4.69) is 20.3 Å². The Morgan fingerprint density at radius 3 is 2.78 bits per heavy atom. The monoisotopic (exact) mass is 309 g/mol. The summed E-state index contributed by atoms with van der Waals surface area (Å²) in [6.07, 6.45) is 4.87.